The third-order valence-electron chi connectivity index (χ3n) is 5.17. The fraction of sp³-hybridized carbons (Fsp3) is 0.350. The average molecular weight is 337 g/mol. The number of fused-ring (bicyclic) bond motifs is 1. The fourth-order valence-electron chi connectivity index (χ4n) is 3.88. The van der Waals surface area contributed by atoms with E-state index in [1.807, 2.05) is 24.3 Å². The summed E-state index contributed by atoms with van der Waals surface area (Å²) in [4.78, 5) is 16.7. The van der Waals surface area contributed by atoms with Crippen molar-refractivity contribution in [2.24, 2.45) is 0 Å². The summed E-state index contributed by atoms with van der Waals surface area (Å²) >= 11 is 0. The molecule has 2 amide bonds. The highest BCUT2D eigenvalue weighted by Crippen LogP contribution is 2.38. The van der Waals surface area contributed by atoms with Crippen molar-refractivity contribution in [3.8, 4) is 0 Å². The van der Waals surface area contributed by atoms with Gasteiger partial charge in [0.25, 0.3) is 0 Å². The van der Waals surface area contributed by atoms with Gasteiger partial charge in [0.15, 0.2) is 0 Å². The number of nitrogens with zero attached hydrogens (tertiary/aromatic N) is 2. The third kappa shape index (κ3) is 2.96. The summed E-state index contributed by atoms with van der Waals surface area (Å²) in [6.07, 6.45) is 2.82. The zero-order valence-corrected chi connectivity index (χ0v) is 14.2. The quantitative estimate of drug-likeness (QED) is 0.903. The second-order valence-corrected chi connectivity index (χ2v) is 6.65. The summed E-state index contributed by atoms with van der Waals surface area (Å²) in [7, 11) is 0. The summed E-state index contributed by atoms with van der Waals surface area (Å²) < 4.78 is 0. The van der Waals surface area contributed by atoms with Crippen LogP contribution in [0.2, 0.25) is 0 Å². The Morgan fingerprint density at radius 1 is 1.08 bits per heavy atom. The van der Waals surface area contributed by atoms with Gasteiger partial charge in [0.05, 0.1) is 24.0 Å². The minimum absolute atomic E-state index is 0.0224. The number of rotatable bonds is 3. The molecule has 2 heterocycles. The number of aliphatic hydroxyl groups excluding tert-OH is 1. The third-order valence-corrected chi connectivity index (χ3v) is 5.17. The maximum Gasteiger partial charge on any atom is 0.322 e. The van der Waals surface area contributed by atoms with E-state index in [1.54, 1.807) is 4.90 Å². The SMILES string of the molecule is O=C(Nc1ccccc1N1CCc2ccccc21)N1CCC[C@H]1CO. The number of para-hydroxylation sites is 3. The lowest BCUT2D eigenvalue weighted by molar-refractivity contribution is 0.166. The van der Waals surface area contributed by atoms with Crippen molar-refractivity contribution in [1.82, 2.24) is 4.90 Å². The van der Waals surface area contributed by atoms with Crippen LogP contribution in [0, 0.1) is 0 Å². The van der Waals surface area contributed by atoms with E-state index in [9.17, 15) is 9.90 Å². The molecule has 0 radical (unpaired) electrons. The van der Waals surface area contributed by atoms with Crippen LogP contribution in [0.15, 0.2) is 48.5 Å². The summed E-state index contributed by atoms with van der Waals surface area (Å²) in [6.45, 7) is 1.63. The molecule has 1 atom stereocenters. The van der Waals surface area contributed by atoms with Crippen LogP contribution in [-0.2, 0) is 6.42 Å². The van der Waals surface area contributed by atoms with Crippen molar-refractivity contribution >= 4 is 23.1 Å². The molecule has 0 saturated carbocycles. The van der Waals surface area contributed by atoms with Crippen LogP contribution in [0.5, 0.6) is 0 Å². The van der Waals surface area contributed by atoms with Gasteiger partial charge in [0, 0.05) is 18.8 Å². The number of benzene rings is 2. The number of likely N-dealkylation sites (tertiary alicyclic amines) is 1. The van der Waals surface area contributed by atoms with Crippen LogP contribution in [0.3, 0.4) is 0 Å². The topological polar surface area (TPSA) is 55.8 Å². The van der Waals surface area contributed by atoms with Gasteiger partial charge in [-0.1, -0.05) is 30.3 Å². The molecule has 130 valence electrons. The van der Waals surface area contributed by atoms with E-state index in [-0.39, 0.29) is 18.7 Å². The summed E-state index contributed by atoms with van der Waals surface area (Å²) in [6, 6.07) is 16.1. The Balaban J connectivity index is 1.59. The number of urea groups is 1. The first-order valence-electron chi connectivity index (χ1n) is 8.91. The Labute approximate surface area is 147 Å². The lowest BCUT2D eigenvalue weighted by Crippen LogP contribution is -2.40. The molecule has 4 rings (SSSR count). The Hall–Kier alpha value is -2.53. The predicted octanol–water partition coefficient (Wildman–Crippen LogP) is 3.37. The molecule has 5 heteroatoms. The van der Waals surface area contributed by atoms with Gasteiger partial charge < -0.3 is 20.2 Å². The lowest BCUT2D eigenvalue weighted by Gasteiger charge is -2.26. The van der Waals surface area contributed by atoms with Crippen LogP contribution in [-0.4, -0.2) is 41.8 Å². The standard InChI is InChI=1S/C20H23N3O2/c24-14-16-7-5-12-22(16)20(25)21-17-8-2-4-10-19(17)23-13-11-15-6-1-3-9-18(15)23/h1-4,6,8-10,16,24H,5,7,11-14H2,(H,21,25)/t16-/m0/s1. The van der Waals surface area contributed by atoms with Gasteiger partial charge in [-0.25, -0.2) is 4.79 Å². The molecule has 1 fully saturated rings. The van der Waals surface area contributed by atoms with Gasteiger partial charge in [0.2, 0.25) is 0 Å². The van der Waals surface area contributed by atoms with Gasteiger partial charge >= 0.3 is 6.03 Å². The molecule has 1 saturated heterocycles. The molecule has 0 bridgehead atoms. The summed E-state index contributed by atoms with van der Waals surface area (Å²) in [5.41, 5.74) is 4.37. The van der Waals surface area contributed by atoms with Crippen molar-refractivity contribution in [2.45, 2.75) is 25.3 Å². The molecule has 0 spiro atoms. The number of anilines is 3. The fourth-order valence-corrected chi connectivity index (χ4v) is 3.88. The Bertz CT molecular complexity index is 777. The van der Waals surface area contributed by atoms with E-state index in [0.29, 0.717) is 6.54 Å². The summed E-state index contributed by atoms with van der Waals surface area (Å²) in [5.74, 6) is 0. The first-order valence-corrected chi connectivity index (χ1v) is 8.91. The number of aliphatic hydroxyl groups is 1. The van der Waals surface area contributed by atoms with Crippen LogP contribution < -0.4 is 10.2 Å². The largest absolute Gasteiger partial charge is 0.394 e. The molecule has 0 unspecified atom stereocenters. The monoisotopic (exact) mass is 337 g/mol. The van der Waals surface area contributed by atoms with E-state index in [4.69, 9.17) is 0 Å². The van der Waals surface area contributed by atoms with E-state index in [2.05, 4.69) is 34.5 Å². The zero-order chi connectivity index (χ0) is 17.2. The molecular weight excluding hydrogens is 314 g/mol. The zero-order valence-electron chi connectivity index (χ0n) is 14.2. The number of hydrogen-bond donors (Lipinski definition) is 2. The van der Waals surface area contributed by atoms with Crippen LogP contribution in [0.25, 0.3) is 0 Å². The van der Waals surface area contributed by atoms with E-state index >= 15 is 0 Å². The molecule has 2 aliphatic rings. The molecule has 25 heavy (non-hydrogen) atoms. The summed E-state index contributed by atoms with van der Waals surface area (Å²) in [5, 5.41) is 12.5. The van der Waals surface area contributed by atoms with E-state index in [1.165, 1.54) is 11.3 Å². The first kappa shape index (κ1) is 16.0. The molecule has 0 aromatic heterocycles. The molecule has 2 aromatic carbocycles. The van der Waals surface area contributed by atoms with Crippen LogP contribution in [0.1, 0.15) is 18.4 Å². The smallest absolute Gasteiger partial charge is 0.322 e. The Kier molecular flexibility index (Phi) is 4.32. The maximum atomic E-state index is 12.7. The molecule has 2 aliphatic heterocycles. The molecule has 2 N–H and O–H groups in total. The molecule has 2 aromatic rings. The Morgan fingerprint density at radius 2 is 1.84 bits per heavy atom. The average Bonchev–Trinajstić information content (AvgIpc) is 3.29. The van der Waals surface area contributed by atoms with Crippen molar-refractivity contribution < 1.29 is 9.90 Å². The highest BCUT2D eigenvalue weighted by molar-refractivity contribution is 5.95. The van der Waals surface area contributed by atoms with Gasteiger partial charge in [-0.2, -0.15) is 0 Å². The highest BCUT2D eigenvalue weighted by Gasteiger charge is 2.29. The second kappa shape index (κ2) is 6.76. The van der Waals surface area contributed by atoms with Gasteiger partial charge in [-0.15, -0.1) is 0 Å². The molecular formula is C20H23N3O2. The number of carbonyl (C=O) groups excluding carboxylic acids is 1. The van der Waals surface area contributed by atoms with Crippen molar-refractivity contribution in [3.05, 3.63) is 54.1 Å². The van der Waals surface area contributed by atoms with Gasteiger partial charge in [-0.05, 0) is 43.0 Å². The number of hydrogen-bond acceptors (Lipinski definition) is 3. The minimum atomic E-state index is -0.128. The predicted molar refractivity (Wildman–Crippen MR) is 99.4 cm³/mol. The van der Waals surface area contributed by atoms with E-state index in [0.717, 1.165) is 37.2 Å². The normalized spacial score (nSPS) is 19.2. The van der Waals surface area contributed by atoms with Crippen LogP contribution in [0.4, 0.5) is 21.9 Å². The van der Waals surface area contributed by atoms with Crippen molar-refractivity contribution in [3.63, 3.8) is 0 Å². The van der Waals surface area contributed by atoms with Crippen molar-refractivity contribution in [2.75, 3.05) is 29.9 Å². The van der Waals surface area contributed by atoms with Crippen LogP contribution >= 0.6 is 0 Å². The molecule has 5 nitrogen and oxygen atoms in total. The van der Waals surface area contributed by atoms with E-state index < -0.39 is 0 Å². The van der Waals surface area contributed by atoms with Gasteiger partial charge in [-0.3, -0.25) is 0 Å². The number of carbonyl (C=O) groups is 1. The highest BCUT2D eigenvalue weighted by atomic mass is 16.3. The first-order chi connectivity index (χ1) is 12.3. The van der Waals surface area contributed by atoms with Crippen molar-refractivity contribution in [1.29, 1.82) is 0 Å². The number of nitrogens with one attached hydrogen (secondary N) is 1. The lowest BCUT2D eigenvalue weighted by atomic mass is 10.2. The minimum Gasteiger partial charge on any atom is -0.394 e. The second-order valence-electron chi connectivity index (χ2n) is 6.65. The maximum absolute atomic E-state index is 12.7. The molecule has 0 aliphatic carbocycles. The Morgan fingerprint density at radius 3 is 2.68 bits per heavy atom. The number of amides is 2. The van der Waals surface area contributed by atoms with Gasteiger partial charge in [0.1, 0.15) is 0 Å².